The van der Waals surface area contributed by atoms with E-state index >= 15 is 0 Å². The van der Waals surface area contributed by atoms with Crippen LogP contribution in [-0.2, 0) is 41.7 Å². The van der Waals surface area contributed by atoms with Gasteiger partial charge >= 0.3 is 0 Å². The van der Waals surface area contributed by atoms with Gasteiger partial charge in [-0.05, 0) is 112 Å². The third-order valence-electron chi connectivity index (χ3n) is 6.91. The first-order chi connectivity index (χ1) is 22.4. The molecular weight excluding hydrogens is 580 g/mol. The second-order valence-electron chi connectivity index (χ2n) is 12.1. The van der Waals surface area contributed by atoms with Crippen molar-refractivity contribution in [3.05, 3.63) is 112 Å². The van der Waals surface area contributed by atoms with Gasteiger partial charge in [-0.2, -0.15) is 0 Å². The molecule has 0 aliphatic heterocycles. The van der Waals surface area contributed by atoms with E-state index in [0.29, 0.717) is 19.3 Å². The molecule has 1 atom stereocenters. The Bertz CT molecular complexity index is 1220. The summed E-state index contributed by atoms with van der Waals surface area (Å²) in [5.74, 6) is 1.21. The summed E-state index contributed by atoms with van der Waals surface area (Å²) in [6.45, 7) is 18.9. The average molecular weight is 647 g/mol. The zero-order chi connectivity index (χ0) is 36.0. The van der Waals surface area contributed by atoms with Crippen molar-refractivity contribution in [2.24, 2.45) is 5.92 Å². The first-order valence-electron chi connectivity index (χ1n) is 17.2. The Morgan fingerprint density at radius 2 is 1.32 bits per heavy atom. The van der Waals surface area contributed by atoms with Crippen molar-refractivity contribution in [2.75, 3.05) is 21.1 Å². The van der Waals surface area contributed by atoms with Gasteiger partial charge in [0.25, 0.3) is 0 Å². The Hall–Kier alpha value is -3.70. The molecule has 0 aliphatic carbocycles. The van der Waals surface area contributed by atoms with Gasteiger partial charge in [-0.3, -0.25) is 9.59 Å². The van der Waals surface area contributed by atoms with Gasteiger partial charge in [0.05, 0.1) is 0 Å². The van der Waals surface area contributed by atoms with E-state index in [-0.39, 0.29) is 11.5 Å². The first-order valence-corrected chi connectivity index (χ1v) is 17.2. The molecule has 3 aromatic carbocycles. The first kappa shape index (κ1) is 45.4. The quantitative estimate of drug-likeness (QED) is 0.128. The molecule has 0 aromatic heterocycles. The molecule has 0 saturated carbocycles. The van der Waals surface area contributed by atoms with Crippen LogP contribution in [0.15, 0.2) is 78.9 Å². The summed E-state index contributed by atoms with van der Waals surface area (Å²) in [6, 6.07) is 23.0. The molecule has 5 heteroatoms. The molecule has 0 fully saturated rings. The standard InChI is InChI=1S/C22H30.C13H16O2.C3H8.C2H5NO.C2H7N/c1-5-21-14-13-20(16-22(21)6-2)12-9-18(4)15-19-10-7-17(3)8-11-19;1-10(2)9-13(15)8-5-11-3-6-12(14)7-4-11;1-3-2;1-3-2-4;1-3-2/h7-8,10-11,13-14,16,18H,5-6,9,12,15H2,1-4H3;3-4,6-7,14H,1,5,8-9H2,2H3;3H2,1-2H3;2H,1H3,(H,3,4);3H,1-2H3. The highest BCUT2D eigenvalue weighted by molar-refractivity contribution is 5.80. The number of ketones is 1. The summed E-state index contributed by atoms with van der Waals surface area (Å²) < 4.78 is 0. The zero-order valence-electron chi connectivity index (χ0n) is 31.3. The lowest BCUT2D eigenvalue weighted by atomic mass is 9.92. The van der Waals surface area contributed by atoms with Crippen LogP contribution < -0.4 is 10.6 Å². The number of nitrogens with one attached hydrogen (secondary N) is 2. The molecule has 0 bridgehead atoms. The molecule has 47 heavy (non-hydrogen) atoms. The van der Waals surface area contributed by atoms with Crippen LogP contribution in [0.1, 0.15) is 101 Å². The Labute approximate surface area is 288 Å². The molecule has 0 spiro atoms. The monoisotopic (exact) mass is 647 g/mol. The summed E-state index contributed by atoms with van der Waals surface area (Å²) in [6.07, 6.45) is 9.56. The van der Waals surface area contributed by atoms with Crippen molar-refractivity contribution in [2.45, 2.75) is 106 Å². The number of benzene rings is 3. The van der Waals surface area contributed by atoms with E-state index in [2.05, 4.69) is 101 Å². The molecule has 3 aromatic rings. The van der Waals surface area contributed by atoms with Crippen molar-refractivity contribution in [3.63, 3.8) is 0 Å². The molecule has 3 N–H and O–H groups in total. The fourth-order valence-corrected chi connectivity index (χ4v) is 4.52. The number of amides is 1. The number of phenolic OH excluding ortho intramolecular Hbond substituents is 1. The molecule has 0 radical (unpaired) electrons. The van der Waals surface area contributed by atoms with Crippen LogP contribution in [0.5, 0.6) is 5.75 Å². The SMILES string of the molecule is C=C(C)CC(=O)CCc1ccc(O)cc1.CCC.CCc1ccc(CCC(C)Cc2ccc(C)cc2)cc1CC.CNC.CNC=O. The molecule has 1 unspecified atom stereocenters. The topological polar surface area (TPSA) is 78.4 Å². The Morgan fingerprint density at radius 1 is 0.830 bits per heavy atom. The van der Waals surface area contributed by atoms with Crippen LogP contribution in [0, 0.1) is 12.8 Å². The molecule has 262 valence electrons. The fourth-order valence-electron chi connectivity index (χ4n) is 4.52. The summed E-state index contributed by atoms with van der Waals surface area (Å²) in [7, 11) is 5.31. The maximum Gasteiger partial charge on any atom is 0.206 e. The van der Waals surface area contributed by atoms with Crippen molar-refractivity contribution in [3.8, 4) is 5.75 Å². The van der Waals surface area contributed by atoms with Gasteiger partial charge in [-0.1, -0.05) is 113 Å². The minimum Gasteiger partial charge on any atom is -0.508 e. The minimum absolute atomic E-state index is 0.218. The number of Topliss-reactive ketones (excluding diaryl/α,β-unsaturated/α-hetero) is 1. The van der Waals surface area contributed by atoms with Crippen molar-refractivity contribution < 1.29 is 14.7 Å². The molecule has 0 heterocycles. The zero-order valence-corrected chi connectivity index (χ0v) is 31.3. The average Bonchev–Trinajstić information content (AvgIpc) is 3.05. The third kappa shape index (κ3) is 25.1. The molecule has 5 nitrogen and oxygen atoms in total. The van der Waals surface area contributed by atoms with Crippen molar-refractivity contribution in [1.82, 2.24) is 10.6 Å². The van der Waals surface area contributed by atoms with E-state index in [0.717, 1.165) is 36.3 Å². The van der Waals surface area contributed by atoms with E-state index in [4.69, 9.17) is 9.90 Å². The number of aromatic hydroxyl groups is 1. The van der Waals surface area contributed by atoms with Crippen LogP contribution in [0.3, 0.4) is 0 Å². The molecular formula is C42H66N2O3. The lowest BCUT2D eigenvalue weighted by molar-refractivity contribution is -0.118. The maximum atomic E-state index is 11.4. The Kier molecular flexibility index (Phi) is 28.7. The van der Waals surface area contributed by atoms with Gasteiger partial charge in [0.2, 0.25) is 6.41 Å². The maximum absolute atomic E-state index is 11.4. The Morgan fingerprint density at radius 3 is 1.79 bits per heavy atom. The predicted octanol–water partition coefficient (Wildman–Crippen LogP) is 9.41. The van der Waals surface area contributed by atoms with Crippen molar-refractivity contribution in [1.29, 1.82) is 0 Å². The van der Waals surface area contributed by atoms with Crippen LogP contribution in [0.2, 0.25) is 0 Å². The second kappa shape index (κ2) is 29.7. The van der Waals surface area contributed by atoms with Gasteiger partial charge in [-0.15, -0.1) is 0 Å². The summed E-state index contributed by atoms with van der Waals surface area (Å²) in [5.41, 5.74) is 9.34. The number of rotatable bonds is 13. The fraction of sp³-hybridized carbons (Fsp3) is 0.476. The molecule has 0 saturated heterocycles. The van der Waals surface area contributed by atoms with Crippen molar-refractivity contribution >= 4 is 12.2 Å². The predicted molar refractivity (Wildman–Crippen MR) is 205 cm³/mol. The summed E-state index contributed by atoms with van der Waals surface area (Å²) in [4.78, 5) is 20.4. The summed E-state index contributed by atoms with van der Waals surface area (Å²) in [5, 5.41) is 14.1. The normalized spacial score (nSPS) is 10.2. The van der Waals surface area contributed by atoms with Crippen LogP contribution in [0.4, 0.5) is 0 Å². The molecule has 1 amide bonds. The van der Waals surface area contributed by atoms with Gasteiger partial charge in [-0.25, -0.2) is 0 Å². The Balaban J connectivity index is 0. The van der Waals surface area contributed by atoms with Gasteiger partial charge in [0.15, 0.2) is 0 Å². The number of carbonyl (C=O) groups is 2. The second-order valence-corrected chi connectivity index (χ2v) is 12.1. The van der Waals surface area contributed by atoms with E-state index in [9.17, 15) is 4.79 Å². The van der Waals surface area contributed by atoms with E-state index in [1.807, 2.05) is 33.2 Å². The minimum atomic E-state index is 0.218. The van der Waals surface area contributed by atoms with E-state index < -0.39 is 0 Å². The summed E-state index contributed by atoms with van der Waals surface area (Å²) >= 11 is 0. The highest BCUT2D eigenvalue weighted by atomic mass is 16.3. The molecule has 0 aliphatic rings. The lowest BCUT2D eigenvalue weighted by Crippen LogP contribution is -2.02. The largest absolute Gasteiger partial charge is 0.508 e. The molecule has 3 rings (SSSR count). The van der Waals surface area contributed by atoms with E-state index in [1.54, 1.807) is 19.2 Å². The highest BCUT2D eigenvalue weighted by Crippen LogP contribution is 2.19. The lowest BCUT2D eigenvalue weighted by Gasteiger charge is -2.13. The van der Waals surface area contributed by atoms with Crippen LogP contribution in [0.25, 0.3) is 0 Å². The number of phenols is 1. The number of hydrogen-bond donors (Lipinski definition) is 3. The number of aryl methyl sites for hydroxylation is 5. The number of hydrogen-bond acceptors (Lipinski definition) is 4. The van der Waals surface area contributed by atoms with E-state index in [1.165, 1.54) is 53.5 Å². The van der Waals surface area contributed by atoms with Gasteiger partial charge < -0.3 is 15.7 Å². The number of allylic oxidation sites excluding steroid dienone is 1. The van der Waals surface area contributed by atoms with Crippen LogP contribution >= 0.6 is 0 Å². The third-order valence-corrected chi connectivity index (χ3v) is 6.91. The number of carbonyl (C=O) groups excluding carboxylic acids is 2. The van der Waals surface area contributed by atoms with Gasteiger partial charge in [0, 0.05) is 19.9 Å². The van der Waals surface area contributed by atoms with Gasteiger partial charge in [0.1, 0.15) is 11.5 Å². The highest BCUT2D eigenvalue weighted by Gasteiger charge is 2.07. The van der Waals surface area contributed by atoms with Crippen LogP contribution in [-0.4, -0.2) is 38.4 Å². The smallest absolute Gasteiger partial charge is 0.206 e.